The predicted molar refractivity (Wildman–Crippen MR) is 53.5 cm³/mol. The lowest BCUT2D eigenvalue weighted by Crippen LogP contribution is -2.02. The van der Waals surface area contributed by atoms with Crippen molar-refractivity contribution >= 4 is 17.3 Å². The first-order valence-electron chi connectivity index (χ1n) is 4.17. The second-order valence-electron chi connectivity index (χ2n) is 2.98. The van der Waals surface area contributed by atoms with Crippen LogP contribution in [0.2, 0.25) is 0 Å². The maximum atomic E-state index is 10.9. The minimum atomic E-state index is -0.972. The summed E-state index contributed by atoms with van der Waals surface area (Å²) >= 11 is 1.31. The largest absolute Gasteiger partial charge is 0.478 e. The van der Waals surface area contributed by atoms with Crippen LogP contribution in [-0.2, 0) is 0 Å². The van der Waals surface area contributed by atoms with Crippen LogP contribution in [0.3, 0.4) is 0 Å². The SMILES string of the molecule is Cc1nn(-c2nncs2)c(C)c1C(=O)O. The summed E-state index contributed by atoms with van der Waals surface area (Å²) in [5.41, 5.74) is 2.85. The molecule has 0 unspecified atom stereocenters. The lowest BCUT2D eigenvalue weighted by Gasteiger charge is -1.97. The van der Waals surface area contributed by atoms with Crippen molar-refractivity contribution in [3.8, 4) is 5.13 Å². The number of hydrogen-bond acceptors (Lipinski definition) is 5. The molecular weight excluding hydrogens is 216 g/mol. The predicted octanol–water partition coefficient (Wildman–Crippen LogP) is 1.04. The van der Waals surface area contributed by atoms with Crippen molar-refractivity contribution in [2.45, 2.75) is 13.8 Å². The molecule has 0 saturated heterocycles. The van der Waals surface area contributed by atoms with Crippen LogP contribution < -0.4 is 0 Å². The second-order valence-corrected chi connectivity index (χ2v) is 3.80. The molecule has 78 valence electrons. The number of aromatic nitrogens is 4. The van der Waals surface area contributed by atoms with E-state index in [2.05, 4.69) is 15.3 Å². The molecular formula is C8H8N4O2S. The van der Waals surface area contributed by atoms with Crippen molar-refractivity contribution in [1.82, 2.24) is 20.0 Å². The molecule has 0 aromatic carbocycles. The standard InChI is InChI=1S/C8H8N4O2S/c1-4-6(7(13)14)5(2)12(11-4)8-10-9-3-15-8/h3H,1-2H3,(H,13,14). The number of hydrogen-bond donors (Lipinski definition) is 1. The highest BCUT2D eigenvalue weighted by Gasteiger charge is 2.19. The number of carboxylic acids is 1. The van der Waals surface area contributed by atoms with E-state index in [1.54, 1.807) is 19.4 Å². The molecule has 0 radical (unpaired) electrons. The molecule has 0 bridgehead atoms. The zero-order chi connectivity index (χ0) is 11.0. The van der Waals surface area contributed by atoms with Crippen LogP contribution in [0.25, 0.3) is 5.13 Å². The lowest BCUT2D eigenvalue weighted by molar-refractivity contribution is 0.0695. The Morgan fingerprint density at radius 1 is 1.53 bits per heavy atom. The van der Waals surface area contributed by atoms with Gasteiger partial charge >= 0.3 is 5.97 Å². The van der Waals surface area contributed by atoms with Crippen molar-refractivity contribution in [3.05, 3.63) is 22.5 Å². The van der Waals surface area contributed by atoms with Crippen LogP contribution in [-0.4, -0.2) is 31.1 Å². The van der Waals surface area contributed by atoms with Crippen molar-refractivity contribution in [2.75, 3.05) is 0 Å². The zero-order valence-electron chi connectivity index (χ0n) is 8.13. The fourth-order valence-electron chi connectivity index (χ4n) is 1.40. The number of aryl methyl sites for hydroxylation is 1. The Hall–Kier alpha value is -1.76. The summed E-state index contributed by atoms with van der Waals surface area (Å²) in [6.45, 7) is 3.36. The van der Waals surface area contributed by atoms with E-state index in [1.807, 2.05) is 0 Å². The van der Waals surface area contributed by atoms with Gasteiger partial charge in [-0.1, -0.05) is 11.3 Å². The maximum Gasteiger partial charge on any atom is 0.339 e. The summed E-state index contributed by atoms with van der Waals surface area (Å²) in [5.74, 6) is -0.972. The van der Waals surface area contributed by atoms with E-state index in [-0.39, 0.29) is 5.56 Å². The third-order valence-corrected chi connectivity index (χ3v) is 2.70. The number of aromatic carboxylic acids is 1. The quantitative estimate of drug-likeness (QED) is 0.824. The second kappa shape index (κ2) is 3.43. The average Bonchev–Trinajstić information content (AvgIpc) is 2.72. The Morgan fingerprint density at radius 3 is 2.73 bits per heavy atom. The molecule has 1 N–H and O–H groups in total. The van der Waals surface area contributed by atoms with Gasteiger partial charge in [0, 0.05) is 0 Å². The summed E-state index contributed by atoms with van der Waals surface area (Å²) in [6, 6.07) is 0. The van der Waals surface area contributed by atoms with Crippen molar-refractivity contribution < 1.29 is 9.90 Å². The zero-order valence-corrected chi connectivity index (χ0v) is 8.95. The van der Waals surface area contributed by atoms with Crippen LogP contribution in [0.15, 0.2) is 5.51 Å². The molecule has 6 nitrogen and oxygen atoms in total. The summed E-state index contributed by atoms with van der Waals surface area (Å²) in [5, 5.41) is 21.2. The van der Waals surface area contributed by atoms with Crippen molar-refractivity contribution in [3.63, 3.8) is 0 Å². The number of carboxylic acid groups (broad SMARTS) is 1. The molecule has 0 aliphatic heterocycles. The van der Waals surface area contributed by atoms with Gasteiger partial charge in [0.25, 0.3) is 0 Å². The van der Waals surface area contributed by atoms with Crippen molar-refractivity contribution in [1.29, 1.82) is 0 Å². The van der Waals surface area contributed by atoms with Crippen LogP contribution >= 0.6 is 11.3 Å². The highest BCUT2D eigenvalue weighted by Crippen LogP contribution is 2.18. The number of rotatable bonds is 2. The monoisotopic (exact) mass is 224 g/mol. The van der Waals surface area contributed by atoms with Gasteiger partial charge in [0.05, 0.1) is 11.4 Å². The molecule has 2 rings (SSSR count). The van der Waals surface area contributed by atoms with E-state index < -0.39 is 5.97 Å². The molecule has 2 aromatic heterocycles. The van der Waals surface area contributed by atoms with Gasteiger partial charge in [0.15, 0.2) is 0 Å². The van der Waals surface area contributed by atoms with Crippen molar-refractivity contribution in [2.24, 2.45) is 0 Å². The van der Waals surface area contributed by atoms with Gasteiger partial charge in [0.1, 0.15) is 11.1 Å². The highest BCUT2D eigenvalue weighted by atomic mass is 32.1. The average molecular weight is 224 g/mol. The van der Waals surface area contributed by atoms with E-state index in [9.17, 15) is 4.79 Å². The highest BCUT2D eigenvalue weighted by molar-refractivity contribution is 7.11. The normalized spacial score (nSPS) is 10.5. The van der Waals surface area contributed by atoms with E-state index in [0.29, 0.717) is 16.5 Å². The lowest BCUT2D eigenvalue weighted by atomic mass is 10.2. The number of carbonyl (C=O) groups is 1. The van der Waals surface area contributed by atoms with E-state index in [4.69, 9.17) is 5.11 Å². The first-order valence-corrected chi connectivity index (χ1v) is 5.05. The van der Waals surface area contributed by atoms with Gasteiger partial charge < -0.3 is 5.11 Å². The summed E-state index contributed by atoms with van der Waals surface area (Å²) < 4.78 is 1.50. The van der Waals surface area contributed by atoms with Crippen LogP contribution in [0.5, 0.6) is 0 Å². The van der Waals surface area contributed by atoms with Crippen LogP contribution in [0, 0.1) is 13.8 Å². The van der Waals surface area contributed by atoms with Gasteiger partial charge in [0.2, 0.25) is 5.13 Å². The summed E-state index contributed by atoms with van der Waals surface area (Å²) in [7, 11) is 0. The van der Waals surface area contributed by atoms with Crippen LogP contribution in [0.4, 0.5) is 0 Å². The Labute approximate surface area is 89.2 Å². The van der Waals surface area contributed by atoms with E-state index in [1.165, 1.54) is 16.0 Å². The Kier molecular flexibility index (Phi) is 2.24. The van der Waals surface area contributed by atoms with Gasteiger partial charge in [-0.25, -0.2) is 9.48 Å². The summed E-state index contributed by atoms with van der Waals surface area (Å²) in [6.07, 6.45) is 0. The Balaban J connectivity index is 2.61. The molecule has 0 amide bonds. The molecule has 0 spiro atoms. The molecule has 0 aliphatic carbocycles. The van der Waals surface area contributed by atoms with Crippen LogP contribution in [0.1, 0.15) is 21.7 Å². The molecule has 0 fully saturated rings. The van der Waals surface area contributed by atoms with Gasteiger partial charge in [-0.05, 0) is 13.8 Å². The smallest absolute Gasteiger partial charge is 0.339 e. The fraction of sp³-hybridized carbons (Fsp3) is 0.250. The summed E-state index contributed by atoms with van der Waals surface area (Å²) in [4.78, 5) is 10.9. The molecule has 0 saturated carbocycles. The Morgan fingerprint density at radius 2 is 2.27 bits per heavy atom. The van der Waals surface area contributed by atoms with E-state index in [0.717, 1.165) is 0 Å². The topological polar surface area (TPSA) is 80.9 Å². The van der Waals surface area contributed by atoms with Gasteiger partial charge in [-0.2, -0.15) is 5.10 Å². The molecule has 2 aromatic rings. The first-order chi connectivity index (χ1) is 7.11. The number of nitrogens with zero attached hydrogens (tertiary/aromatic N) is 4. The molecule has 0 atom stereocenters. The molecule has 2 heterocycles. The minimum absolute atomic E-state index is 0.227. The Bertz CT molecular complexity index is 503. The fourth-order valence-corrected chi connectivity index (χ4v) is 1.96. The van der Waals surface area contributed by atoms with Gasteiger partial charge in [-0.3, -0.25) is 0 Å². The molecule has 15 heavy (non-hydrogen) atoms. The molecule has 0 aliphatic rings. The third-order valence-electron chi connectivity index (χ3n) is 2.03. The first kappa shape index (κ1) is 9.78. The van der Waals surface area contributed by atoms with Gasteiger partial charge in [-0.15, -0.1) is 10.2 Å². The van der Waals surface area contributed by atoms with E-state index >= 15 is 0 Å². The minimum Gasteiger partial charge on any atom is -0.478 e. The third kappa shape index (κ3) is 1.50. The molecule has 7 heteroatoms. The maximum absolute atomic E-state index is 10.9.